The highest BCUT2D eigenvalue weighted by molar-refractivity contribution is 14.0. The number of rotatable bonds is 7. The van der Waals surface area contributed by atoms with E-state index in [1.807, 2.05) is 24.1 Å². The zero-order valence-electron chi connectivity index (χ0n) is 19.1. The molecule has 9 heteroatoms. The van der Waals surface area contributed by atoms with Crippen molar-refractivity contribution < 1.29 is 4.74 Å². The summed E-state index contributed by atoms with van der Waals surface area (Å²) in [4.78, 5) is 12.4. The topological polar surface area (TPSA) is 61.2 Å². The van der Waals surface area contributed by atoms with Gasteiger partial charge in [-0.25, -0.2) is 0 Å². The molecule has 2 atom stereocenters. The van der Waals surface area contributed by atoms with Gasteiger partial charge < -0.3 is 24.8 Å². The number of aryl methyl sites for hydroxylation is 1. The Morgan fingerprint density at radius 2 is 1.97 bits per heavy atom. The van der Waals surface area contributed by atoms with Crippen LogP contribution in [-0.2, 0) is 11.8 Å². The molecular formula is C21H40IN7O. The first-order chi connectivity index (χ1) is 14.1. The molecule has 2 saturated heterocycles. The molecule has 0 radical (unpaired) electrons. The van der Waals surface area contributed by atoms with Crippen LogP contribution in [0, 0.1) is 5.92 Å². The third-order valence-electron chi connectivity index (χ3n) is 5.83. The second-order valence-corrected chi connectivity index (χ2v) is 8.29. The van der Waals surface area contributed by atoms with Crippen molar-refractivity contribution in [1.29, 1.82) is 0 Å². The largest absolute Gasteiger partial charge is 0.370 e. The van der Waals surface area contributed by atoms with E-state index < -0.39 is 0 Å². The molecule has 0 saturated carbocycles. The van der Waals surface area contributed by atoms with E-state index in [4.69, 9.17) is 9.73 Å². The molecule has 2 unspecified atom stereocenters. The van der Waals surface area contributed by atoms with Gasteiger partial charge in [0.05, 0.1) is 19.3 Å². The van der Waals surface area contributed by atoms with Gasteiger partial charge in [-0.1, -0.05) is 13.8 Å². The summed E-state index contributed by atoms with van der Waals surface area (Å²) in [7, 11) is 1.94. The van der Waals surface area contributed by atoms with E-state index in [-0.39, 0.29) is 30.1 Å². The van der Waals surface area contributed by atoms with Gasteiger partial charge in [0.2, 0.25) is 0 Å². The van der Waals surface area contributed by atoms with E-state index >= 15 is 0 Å². The van der Waals surface area contributed by atoms with Crippen LogP contribution in [0.15, 0.2) is 17.4 Å². The molecule has 2 fully saturated rings. The summed E-state index contributed by atoms with van der Waals surface area (Å²) >= 11 is 0. The summed E-state index contributed by atoms with van der Waals surface area (Å²) in [5.74, 6) is 1.55. The molecule has 1 N–H and O–H groups in total. The standard InChI is InChI=1S/C21H39N7O.HI/c1-5-22-21(23-13-18(3)15-27-9-7-26(6-2)8-10-27)28-11-12-29-20(17-28)19-14-24-25(4)16-19;/h14,16,18,20H,5-13,15,17H2,1-4H3,(H,22,23);1H. The van der Waals surface area contributed by atoms with E-state index in [0.717, 1.165) is 44.2 Å². The monoisotopic (exact) mass is 533 g/mol. The Hall–Kier alpha value is -0.910. The number of aliphatic imine (C=N–C) groups is 1. The molecule has 0 aliphatic carbocycles. The maximum absolute atomic E-state index is 5.99. The normalized spacial score (nSPS) is 22.6. The van der Waals surface area contributed by atoms with E-state index in [2.05, 4.69) is 45.9 Å². The highest BCUT2D eigenvalue weighted by atomic mass is 127. The number of aromatic nitrogens is 2. The highest BCUT2D eigenvalue weighted by Crippen LogP contribution is 2.21. The van der Waals surface area contributed by atoms with Gasteiger partial charge in [0, 0.05) is 71.2 Å². The Labute approximate surface area is 199 Å². The fourth-order valence-electron chi connectivity index (χ4n) is 4.10. The lowest BCUT2D eigenvalue weighted by Gasteiger charge is -2.36. The van der Waals surface area contributed by atoms with Crippen molar-refractivity contribution >= 4 is 29.9 Å². The third kappa shape index (κ3) is 7.35. The Morgan fingerprint density at radius 1 is 1.23 bits per heavy atom. The molecule has 172 valence electrons. The zero-order valence-corrected chi connectivity index (χ0v) is 21.4. The van der Waals surface area contributed by atoms with Crippen LogP contribution in [0.25, 0.3) is 0 Å². The highest BCUT2D eigenvalue weighted by Gasteiger charge is 2.25. The predicted octanol–water partition coefficient (Wildman–Crippen LogP) is 1.65. The van der Waals surface area contributed by atoms with Crippen LogP contribution in [0.4, 0.5) is 0 Å². The van der Waals surface area contributed by atoms with Crippen molar-refractivity contribution in [2.75, 3.05) is 72.1 Å². The number of ether oxygens (including phenoxy) is 1. The number of piperazine rings is 1. The Kier molecular flexibility index (Phi) is 10.8. The molecule has 2 aliphatic rings. The van der Waals surface area contributed by atoms with Crippen LogP contribution in [-0.4, -0.2) is 102 Å². The number of hydrogen-bond acceptors (Lipinski definition) is 5. The van der Waals surface area contributed by atoms with Crippen LogP contribution < -0.4 is 5.32 Å². The molecule has 3 rings (SSSR count). The molecular weight excluding hydrogens is 493 g/mol. The van der Waals surface area contributed by atoms with E-state index in [9.17, 15) is 0 Å². The molecule has 0 spiro atoms. The number of nitrogens with zero attached hydrogens (tertiary/aromatic N) is 6. The number of nitrogens with one attached hydrogen (secondary N) is 1. The summed E-state index contributed by atoms with van der Waals surface area (Å²) in [6.07, 6.45) is 3.99. The van der Waals surface area contributed by atoms with Gasteiger partial charge in [0.1, 0.15) is 6.10 Å². The van der Waals surface area contributed by atoms with Crippen LogP contribution in [0.2, 0.25) is 0 Å². The minimum absolute atomic E-state index is 0. The molecule has 0 bridgehead atoms. The number of halogens is 1. The van der Waals surface area contributed by atoms with Crippen LogP contribution in [0.1, 0.15) is 32.4 Å². The average Bonchev–Trinajstić information content (AvgIpc) is 3.18. The molecule has 1 aromatic rings. The van der Waals surface area contributed by atoms with Crippen LogP contribution in [0.5, 0.6) is 0 Å². The fraction of sp³-hybridized carbons (Fsp3) is 0.810. The van der Waals surface area contributed by atoms with Gasteiger partial charge >= 0.3 is 0 Å². The van der Waals surface area contributed by atoms with Crippen molar-refractivity contribution in [3.63, 3.8) is 0 Å². The summed E-state index contributed by atoms with van der Waals surface area (Å²) in [5.41, 5.74) is 1.13. The number of guanidine groups is 1. The summed E-state index contributed by atoms with van der Waals surface area (Å²) in [6, 6.07) is 0. The Morgan fingerprint density at radius 3 is 2.60 bits per heavy atom. The lowest BCUT2D eigenvalue weighted by molar-refractivity contribution is -0.00807. The van der Waals surface area contributed by atoms with Crippen molar-refractivity contribution in [2.24, 2.45) is 18.0 Å². The lowest BCUT2D eigenvalue weighted by Crippen LogP contribution is -2.49. The predicted molar refractivity (Wildman–Crippen MR) is 133 cm³/mol. The molecule has 0 aromatic carbocycles. The first-order valence-electron chi connectivity index (χ1n) is 11.2. The summed E-state index contributed by atoms with van der Waals surface area (Å²) in [5, 5.41) is 7.77. The molecule has 3 heterocycles. The first-order valence-corrected chi connectivity index (χ1v) is 11.2. The van der Waals surface area contributed by atoms with Gasteiger partial charge in [0.25, 0.3) is 0 Å². The van der Waals surface area contributed by atoms with Gasteiger partial charge in [-0.3, -0.25) is 9.67 Å². The van der Waals surface area contributed by atoms with E-state index in [1.165, 1.54) is 32.7 Å². The maximum Gasteiger partial charge on any atom is 0.194 e. The molecule has 2 aliphatic heterocycles. The van der Waals surface area contributed by atoms with E-state index in [0.29, 0.717) is 12.5 Å². The number of likely N-dealkylation sites (N-methyl/N-ethyl adjacent to an activating group) is 1. The summed E-state index contributed by atoms with van der Waals surface area (Å²) in [6.45, 7) is 17.9. The Bertz CT molecular complexity index is 645. The van der Waals surface area contributed by atoms with Gasteiger partial charge in [-0.05, 0) is 19.4 Å². The van der Waals surface area contributed by atoms with Gasteiger partial charge in [-0.15, -0.1) is 24.0 Å². The van der Waals surface area contributed by atoms with Crippen molar-refractivity contribution in [3.8, 4) is 0 Å². The molecule has 1 aromatic heterocycles. The van der Waals surface area contributed by atoms with E-state index in [1.54, 1.807) is 0 Å². The van der Waals surface area contributed by atoms with Crippen molar-refractivity contribution in [3.05, 3.63) is 18.0 Å². The van der Waals surface area contributed by atoms with Crippen LogP contribution in [0.3, 0.4) is 0 Å². The smallest absolute Gasteiger partial charge is 0.194 e. The minimum atomic E-state index is 0. The Balaban J connectivity index is 0.00000320. The van der Waals surface area contributed by atoms with Crippen molar-refractivity contribution in [1.82, 2.24) is 29.8 Å². The SMILES string of the molecule is CCNC(=NCC(C)CN1CCN(CC)CC1)N1CCOC(c2cnn(C)c2)C1.I. The number of morpholine rings is 1. The van der Waals surface area contributed by atoms with Gasteiger partial charge in [0.15, 0.2) is 5.96 Å². The van der Waals surface area contributed by atoms with Crippen molar-refractivity contribution in [2.45, 2.75) is 26.9 Å². The maximum atomic E-state index is 5.99. The summed E-state index contributed by atoms with van der Waals surface area (Å²) < 4.78 is 7.82. The number of hydrogen-bond donors (Lipinski definition) is 1. The molecule has 8 nitrogen and oxygen atoms in total. The van der Waals surface area contributed by atoms with Crippen LogP contribution >= 0.6 is 24.0 Å². The molecule has 30 heavy (non-hydrogen) atoms. The molecule has 0 amide bonds. The second-order valence-electron chi connectivity index (χ2n) is 8.29. The lowest BCUT2D eigenvalue weighted by atomic mass is 10.1. The average molecular weight is 534 g/mol. The zero-order chi connectivity index (χ0) is 20.6. The first kappa shape index (κ1) is 25.4. The third-order valence-corrected chi connectivity index (χ3v) is 5.83. The quantitative estimate of drug-likeness (QED) is 0.327. The minimum Gasteiger partial charge on any atom is -0.370 e. The second kappa shape index (κ2) is 12.8. The van der Waals surface area contributed by atoms with Gasteiger partial charge in [-0.2, -0.15) is 5.10 Å². The fourth-order valence-corrected chi connectivity index (χ4v) is 4.10.